The lowest BCUT2D eigenvalue weighted by atomic mass is 9.91. The molecule has 0 spiro atoms. The molecule has 0 saturated carbocycles. The second-order valence-electron chi connectivity index (χ2n) is 5.00. The molecular formula is C14H20N2OS. The second kappa shape index (κ2) is 5.33. The van der Waals surface area contributed by atoms with Gasteiger partial charge in [0.2, 0.25) is 5.91 Å². The van der Waals surface area contributed by atoms with Gasteiger partial charge in [-0.15, -0.1) is 0 Å². The Labute approximate surface area is 113 Å². The predicted molar refractivity (Wildman–Crippen MR) is 76.5 cm³/mol. The summed E-state index contributed by atoms with van der Waals surface area (Å²) in [6, 6.07) is 9.92. The van der Waals surface area contributed by atoms with E-state index in [1.807, 2.05) is 54.0 Å². The molecule has 0 bridgehead atoms. The van der Waals surface area contributed by atoms with Crippen LogP contribution in [0, 0.1) is 0 Å². The third kappa shape index (κ3) is 2.54. The van der Waals surface area contributed by atoms with E-state index in [0.29, 0.717) is 6.04 Å². The molecule has 1 saturated heterocycles. The number of nitrogens with two attached hydrogens (primary N) is 1. The number of likely N-dealkylation sites (N-methyl/N-ethyl adjacent to an activating group) is 1. The van der Waals surface area contributed by atoms with Gasteiger partial charge in [0, 0.05) is 18.8 Å². The Morgan fingerprint density at radius 2 is 2.11 bits per heavy atom. The molecule has 0 aromatic heterocycles. The summed E-state index contributed by atoms with van der Waals surface area (Å²) in [6.45, 7) is 1.79. The van der Waals surface area contributed by atoms with Crippen molar-refractivity contribution in [3.05, 3.63) is 35.9 Å². The zero-order chi connectivity index (χ0) is 13.2. The minimum absolute atomic E-state index is 0.00111. The number of nitrogens with zero attached hydrogens (tertiary/aromatic N) is 1. The maximum atomic E-state index is 12.5. The highest BCUT2D eigenvalue weighted by Crippen LogP contribution is 2.26. The summed E-state index contributed by atoms with van der Waals surface area (Å²) in [5.74, 6) is 2.16. The van der Waals surface area contributed by atoms with Crippen molar-refractivity contribution in [2.45, 2.75) is 24.9 Å². The topological polar surface area (TPSA) is 46.3 Å². The van der Waals surface area contributed by atoms with Crippen LogP contribution in [0.5, 0.6) is 0 Å². The van der Waals surface area contributed by atoms with Crippen LogP contribution in [0.1, 0.15) is 18.9 Å². The Balaban J connectivity index is 2.16. The quantitative estimate of drug-likeness (QED) is 0.906. The van der Waals surface area contributed by atoms with Crippen molar-refractivity contribution in [1.82, 2.24) is 4.90 Å². The molecular weight excluding hydrogens is 244 g/mol. The number of hydrogen-bond acceptors (Lipinski definition) is 3. The van der Waals surface area contributed by atoms with E-state index in [4.69, 9.17) is 5.73 Å². The average molecular weight is 264 g/mol. The molecule has 3 nitrogen and oxygen atoms in total. The standard InChI is InChI=1S/C14H20N2OS/c1-14(15,11-6-4-3-5-7-11)13(17)16(2)12-8-9-18-10-12/h3-7,12H,8-10,15H2,1-2H3. The van der Waals surface area contributed by atoms with Gasteiger partial charge in [0.15, 0.2) is 0 Å². The first kappa shape index (κ1) is 13.4. The molecule has 2 rings (SSSR count). The molecule has 0 radical (unpaired) electrons. The second-order valence-corrected chi connectivity index (χ2v) is 6.15. The van der Waals surface area contributed by atoms with E-state index in [-0.39, 0.29) is 5.91 Å². The fraction of sp³-hybridized carbons (Fsp3) is 0.500. The zero-order valence-corrected chi connectivity index (χ0v) is 11.7. The minimum Gasteiger partial charge on any atom is -0.340 e. The number of carbonyl (C=O) groups is 1. The van der Waals surface area contributed by atoms with Crippen molar-refractivity contribution < 1.29 is 4.79 Å². The Morgan fingerprint density at radius 3 is 2.67 bits per heavy atom. The minimum atomic E-state index is -0.941. The van der Waals surface area contributed by atoms with E-state index in [2.05, 4.69) is 0 Å². The molecule has 2 atom stereocenters. The molecule has 2 unspecified atom stereocenters. The molecule has 1 aromatic carbocycles. The lowest BCUT2D eigenvalue weighted by Gasteiger charge is -2.33. The fourth-order valence-corrected chi connectivity index (χ4v) is 3.54. The highest BCUT2D eigenvalue weighted by atomic mass is 32.2. The molecule has 1 aromatic rings. The summed E-state index contributed by atoms with van der Waals surface area (Å²) in [5, 5.41) is 0. The van der Waals surface area contributed by atoms with Gasteiger partial charge in [-0.1, -0.05) is 30.3 Å². The Hall–Kier alpha value is -1.00. The predicted octanol–water partition coefficient (Wildman–Crippen LogP) is 1.82. The largest absolute Gasteiger partial charge is 0.340 e. The molecule has 1 aliphatic rings. The molecule has 1 heterocycles. The number of amides is 1. The summed E-state index contributed by atoms with van der Waals surface area (Å²) in [4.78, 5) is 14.4. The Morgan fingerprint density at radius 1 is 1.44 bits per heavy atom. The van der Waals surface area contributed by atoms with E-state index < -0.39 is 5.54 Å². The average Bonchev–Trinajstić information content (AvgIpc) is 2.92. The highest BCUT2D eigenvalue weighted by Gasteiger charge is 2.36. The number of hydrogen-bond donors (Lipinski definition) is 1. The molecule has 18 heavy (non-hydrogen) atoms. The number of carbonyl (C=O) groups excluding carboxylic acids is 1. The fourth-order valence-electron chi connectivity index (χ4n) is 2.27. The van der Waals surface area contributed by atoms with Crippen LogP contribution in [0.3, 0.4) is 0 Å². The molecule has 2 N–H and O–H groups in total. The van der Waals surface area contributed by atoms with E-state index in [9.17, 15) is 4.79 Å². The first-order valence-corrected chi connectivity index (χ1v) is 7.38. The maximum absolute atomic E-state index is 12.5. The molecule has 98 valence electrons. The van der Waals surface area contributed by atoms with Gasteiger partial charge in [-0.2, -0.15) is 11.8 Å². The lowest BCUT2D eigenvalue weighted by Crippen LogP contribution is -2.52. The lowest BCUT2D eigenvalue weighted by molar-refractivity contribution is -0.137. The Kier molecular flexibility index (Phi) is 3.97. The first-order valence-electron chi connectivity index (χ1n) is 6.23. The normalized spacial score (nSPS) is 22.5. The van der Waals surface area contributed by atoms with Crippen molar-refractivity contribution in [3.8, 4) is 0 Å². The molecule has 0 aliphatic carbocycles. The monoisotopic (exact) mass is 264 g/mol. The van der Waals surface area contributed by atoms with Crippen LogP contribution in [0.15, 0.2) is 30.3 Å². The highest BCUT2D eigenvalue weighted by molar-refractivity contribution is 7.99. The molecule has 1 amide bonds. The first-order chi connectivity index (χ1) is 8.53. The smallest absolute Gasteiger partial charge is 0.246 e. The molecule has 1 aliphatic heterocycles. The van der Waals surface area contributed by atoms with Crippen LogP contribution in [0.2, 0.25) is 0 Å². The van der Waals surface area contributed by atoms with Crippen LogP contribution in [-0.4, -0.2) is 35.4 Å². The van der Waals surface area contributed by atoms with E-state index >= 15 is 0 Å². The van der Waals surface area contributed by atoms with Crippen molar-refractivity contribution in [1.29, 1.82) is 0 Å². The SMILES string of the molecule is CN(C(=O)C(C)(N)c1ccccc1)C1CCSC1. The van der Waals surface area contributed by atoms with Gasteiger partial charge in [-0.25, -0.2) is 0 Å². The van der Waals surface area contributed by atoms with Gasteiger partial charge in [-0.05, 0) is 24.7 Å². The van der Waals surface area contributed by atoms with Crippen molar-refractivity contribution >= 4 is 17.7 Å². The van der Waals surface area contributed by atoms with Crippen LogP contribution in [-0.2, 0) is 10.3 Å². The van der Waals surface area contributed by atoms with Crippen LogP contribution < -0.4 is 5.73 Å². The van der Waals surface area contributed by atoms with Crippen molar-refractivity contribution in [2.75, 3.05) is 18.6 Å². The van der Waals surface area contributed by atoms with Gasteiger partial charge < -0.3 is 10.6 Å². The van der Waals surface area contributed by atoms with Gasteiger partial charge >= 0.3 is 0 Å². The summed E-state index contributed by atoms with van der Waals surface area (Å²) < 4.78 is 0. The summed E-state index contributed by atoms with van der Waals surface area (Å²) >= 11 is 1.90. The van der Waals surface area contributed by atoms with Crippen molar-refractivity contribution in [3.63, 3.8) is 0 Å². The van der Waals surface area contributed by atoms with Gasteiger partial charge in [-0.3, -0.25) is 4.79 Å². The van der Waals surface area contributed by atoms with E-state index in [0.717, 1.165) is 23.5 Å². The van der Waals surface area contributed by atoms with Crippen LogP contribution >= 0.6 is 11.8 Å². The van der Waals surface area contributed by atoms with E-state index in [1.165, 1.54) is 0 Å². The number of benzene rings is 1. The summed E-state index contributed by atoms with van der Waals surface area (Å²) in [6.07, 6.45) is 1.07. The third-order valence-corrected chi connectivity index (χ3v) is 4.74. The van der Waals surface area contributed by atoms with Crippen LogP contribution in [0.25, 0.3) is 0 Å². The third-order valence-electron chi connectivity index (χ3n) is 3.59. The van der Waals surface area contributed by atoms with Gasteiger partial charge in [0.1, 0.15) is 5.54 Å². The number of rotatable bonds is 3. The van der Waals surface area contributed by atoms with Crippen molar-refractivity contribution in [2.24, 2.45) is 5.73 Å². The summed E-state index contributed by atoms with van der Waals surface area (Å²) in [5.41, 5.74) is 6.18. The van der Waals surface area contributed by atoms with Gasteiger partial charge in [0.25, 0.3) is 0 Å². The zero-order valence-electron chi connectivity index (χ0n) is 10.9. The van der Waals surface area contributed by atoms with E-state index in [1.54, 1.807) is 6.92 Å². The van der Waals surface area contributed by atoms with Gasteiger partial charge in [0.05, 0.1) is 0 Å². The number of thioether (sulfide) groups is 1. The molecule has 4 heteroatoms. The Bertz CT molecular complexity index is 413. The summed E-state index contributed by atoms with van der Waals surface area (Å²) in [7, 11) is 1.87. The maximum Gasteiger partial charge on any atom is 0.246 e. The van der Waals surface area contributed by atoms with Crippen LogP contribution in [0.4, 0.5) is 0 Å². The molecule has 1 fully saturated rings.